The number of nitrogens with zero attached hydrogens (tertiary/aromatic N) is 2. The minimum absolute atomic E-state index is 0.154. The van der Waals surface area contributed by atoms with Gasteiger partial charge in [0.2, 0.25) is 0 Å². The van der Waals surface area contributed by atoms with Gasteiger partial charge in [-0.2, -0.15) is 0 Å². The van der Waals surface area contributed by atoms with E-state index in [-0.39, 0.29) is 11.8 Å². The van der Waals surface area contributed by atoms with Gasteiger partial charge in [-0.1, -0.05) is 95.6 Å². The molecule has 2 aromatic heterocycles. The molecule has 2 amide bonds. The summed E-state index contributed by atoms with van der Waals surface area (Å²) in [4.78, 5) is 36.8. The lowest BCUT2D eigenvalue weighted by Crippen LogP contribution is -2.26. The molecular formula is C40H34Cl4N4O2. The second-order valence-corrected chi connectivity index (χ2v) is 13.8. The fraction of sp³-hybridized carbons (Fsp3) is 0.200. The maximum Gasteiger partial charge on any atom is 0.252 e. The molecule has 50 heavy (non-hydrogen) atoms. The monoisotopic (exact) mass is 742 g/mol. The van der Waals surface area contributed by atoms with E-state index in [9.17, 15) is 9.59 Å². The first-order valence-corrected chi connectivity index (χ1v) is 17.9. The third-order valence-electron chi connectivity index (χ3n) is 8.77. The highest BCUT2D eigenvalue weighted by Gasteiger charge is 2.21. The van der Waals surface area contributed by atoms with Crippen molar-refractivity contribution in [1.82, 2.24) is 20.6 Å². The van der Waals surface area contributed by atoms with Crippen LogP contribution in [-0.2, 0) is 0 Å². The van der Waals surface area contributed by atoms with Crippen molar-refractivity contribution in [3.63, 3.8) is 0 Å². The third-order valence-corrected chi connectivity index (χ3v) is 9.87. The van der Waals surface area contributed by atoms with Gasteiger partial charge in [0.25, 0.3) is 11.8 Å². The zero-order valence-corrected chi connectivity index (χ0v) is 30.6. The fourth-order valence-corrected chi connectivity index (χ4v) is 7.27. The van der Waals surface area contributed by atoms with Crippen molar-refractivity contribution >= 4 is 80.0 Å². The van der Waals surface area contributed by atoms with Crippen molar-refractivity contribution < 1.29 is 9.59 Å². The Hall–Kier alpha value is -4.20. The number of pyridine rings is 2. The number of rotatable bonds is 11. The van der Waals surface area contributed by atoms with Gasteiger partial charge in [-0.15, -0.1) is 0 Å². The lowest BCUT2D eigenvalue weighted by Gasteiger charge is -2.16. The normalized spacial score (nSPS) is 11.2. The van der Waals surface area contributed by atoms with Crippen LogP contribution in [0.15, 0.2) is 84.9 Å². The van der Waals surface area contributed by atoms with Gasteiger partial charge in [-0.25, -0.2) is 9.97 Å². The molecule has 6 nitrogen and oxygen atoms in total. The summed E-state index contributed by atoms with van der Waals surface area (Å²) in [5, 5.41) is 9.78. The molecule has 254 valence electrons. The summed E-state index contributed by atoms with van der Waals surface area (Å²) in [6.45, 7) is 4.84. The molecule has 0 radical (unpaired) electrons. The first-order valence-electron chi connectivity index (χ1n) is 16.4. The van der Waals surface area contributed by atoms with Crippen molar-refractivity contribution in [3.8, 4) is 22.5 Å². The second kappa shape index (κ2) is 15.8. The Kier molecular flexibility index (Phi) is 11.2. The van der Waals surface area contributed by atoms with Gasteiger partial charge >= 0.3 is 0 Å². The number of aromatic nitrogens is 2. The van der Waals surface area contributed by atoms with Crippen molar-refractivity contribution in [3.05, 3.63) is 127 Å². The van der Waals surface area contributed by atoms with Gasteiger partial charge in [-0.3, -0.25) is 9.59 Å². The molecule has 0 saturated heterocycles. The number of hydrogen-bond donors (Lipinski definition) is 2. The Morgan fingerprint density at radius 3 is 1.36 bits per heavy atom. The lowest BCUT2D eigenvalue weighted by molar-refractivity contribution is 0.0944. The number of para-hydroxylation sites is 2. The predicted octanol–water partition coefficient (Wildman–Crippen LogP) is 11.1. The number of nitrogens with one attached hydrogen (secondary N) is 2. The molecule has 0 unspecified atom stereocenters. The van der Waals surface area contributed by atoms with Crippen LogP contribution in [-0.4, -0.2) is 34.9 Å². The Bertz CT molecular complexity index is 2100. The van der Waals surface area contributed by atoms with E-state index >= 15 is 0 Å². The van der Waals surface area contributed by atoms with E-state index in [0.29, 0.717) is 66.7 Å². The Balaban J connectivity index is 1.05. The van der Waals surface area contributed by atoms with Gasteiger partial charge in [0.1, 0.15) is 0 Å². The van der Waals surface area contributed by atoms with E-state index in [1.54, 1.807) is 24.3 Å². The summed E-state index contributed by atoms with van der Waals surface area (Å²) in [5.41, 5.74) is 6.84. The first kappa shape index (κ1) is 35.6. The van der Waals surface area contributed by atoms with E-state index in [2.05, 4.69) is 10.6 Å². The standard InChI is InChI=1S/C40H34Cl4N4O2/c1-23-35(29-11-5-7-13-33(29)47-37(23)27-17-15-25(41)21-31(27)43)39(49)45-19-9-3-4-10-20-46-40(50)36-24(2)38(28-18-16-26(42)22-32(28)44)48-34-14-8-6-12-30(34)36/h5-8,11-18,21-22H,3-4,9-10,19-20H2,1-2H3,(H,45,49)(H,46,50). The molecule has 6 rings (SSSR count). The topological polar surface area (TPSA) is 84.0 Å². The number of carbonyl (C=O) groups is 2. The van der Waals surface area contributed by atoms with Gasteiger partial charge in [0.15, 0.2) is 0 Å². The molecule has 0 aliphatic carbocycles. The molecule has 0 aliphatic rings. The molecule has 0 fully saturated rings. The number of carbonyl (C=O) groups excluding carboxylic acids is 2. The van der Waals surface area contributed by atoms with Crippen molar-refractivity contribution in [2.45, 2.75) is 39.5 Å². The number of halogens is 4. The quantitative estimate of drug-likeness (QED) is 0.129. The molecule has 2 N–H and O–H groups in total. The Morgan fingerprint density at radius 2 is 0.960 bits per heavy atom. The summed E-state index contributed by atoms with van der Waals surface area (Å²) >= 11 is 25.3. The van der Waals surface area contributed by atoms with Crippen LogP contribution in [0.4, 0.5) is 0 Å². The van der Waals surface area contributed by atoms with Crippen LogP contribution >= 0.6 is 46.4 Å². The summed E-state index contributed by atoms with van der Waals surface area (Å²) in [5.74, 6) is -0.308. The van der Waals surface area contributed by atoms with E-state index in [1.165, 1.54) is 0 Å². The minimum atomic E-state index is -0.154. The molecule has 10 heteroatoms. The molecule has 0 saturated carbocycles. The first-order chi connectivity index (χ1) is 24.1. The smallest absolute Gasteiger partial charge is 0.252 e. The average Bonchev–Trinajstić information content (AvgIpc) is 3.09. The predicted molar refractivity (Wildman–Crippen MR) is 207 cm³/mol. The molecule has 0 aliphatic heterocycles. The molecule has 0 atom stereocenters. The van der Waals surface area contributed by atoms with Crippen LogP contribution < -0.4 is 10.6 Å². The number of unbranched alkanes of at least 4 members (excludes halogenated alkanes) is 3. The number of benzene rings is 4. The summed E-state index contributed by atoms with van der Waals surface area (Å²) in [6.07, 6.45) is 3.40. The lowest BCUT2D eigenvalue weighted by atomic mass is 9.97. The summed E-state index contributed by atoms with van der Waals surface area (Å²) < 4.78 is 0. The van der Waals surface area contributed by atoms with Crippen molar-refractivity contribution in [1.29, 1.82) is 0 Å². The minimum Gasteiger partial charge on any atom is -0.352 e. The molecule has 2 heterocycles. The molecule has 6 aromatic rings. The number of hydrogen-bond acceptors (Lipinski definition) is 4. The van der Waals surface area contributed by atoms with Crippen LogP contribution in [0.3, 0.4) is 0 Å². The maximum atomic E-state index is 13.6. The van der Waals surface area contributed by atoms with Crippen LogP contribution in [0.25, 0.3) is 44.3 Å². The van der Waals surface area contributed by atoms with E-state index in [1.807, 2.05) is 74.5 Å². The molecule has 4 aromatic carbocycles. The molecular weight excluding hydrogens is 710 g/mol. The Labute approximate surface area is 311 Å². The van der Waals surface area contributed by atoms with Crippen LogP contribution in [0, 0.1) is 13.8 Å². The third kappa shape index (κ3) is 7.59. The SMILES string of the molecule is Cc1c(-c2ccc(Cl)cc2Cl)nc2ccccc2c1C(=O)NCCCCCCNC(=O)c1c(C)c(-c2ccc(Cl)cc2Cl)nc2ccccc12. The van der Waals surface area contributed by atoms with Crippen LogP contribution in [0.2, 0.25) is 20.1 Å². The zero-order valence-electron chi connectivity index (χ0n) is 27.5. The largest absolute Gasteiger partial charge is 0.352 e. The van der Waals surface area contributed by atoms with E-state index in [4.69, 9.17) is 56.4 Å². The summed E-state index contributed by atoms with van der Waals surface area (Å²) in [6, 6.07) is 25.8. The van der Waals surface area contributed by atoms with Gasteiger partial charge in [-0.05, 0) is 86.3 Å². The van der Waals surface area contributed by atoms with Crippen LogP contribution in [0.5, 0.6) is 0 Å². The van der Waals surface area contributed by atoms with Gasteiger partial charge < -0.3 is 10.6 Å². The summed E-state index contributed by atoms with van der Waals surface area (Å²) in [7, 11) is 0. The fourth-order valence-electron chi connectivity index (χ4n) is 6.27. The zero-order chi connectivity index (χ0) is 35.4. The Morgan fingerprint density at radius 1 is 0.560 bits per heavy atom. The highest BCUT2D eigenvalue weighted by atomic mass is 35.5. The maximum absolute atomic E-state index is 13.6. The average molecular weight is 745 g/mol. The van der Waals surface area contributed by atoms with Crippen molar-refractivity contribution in [2.24, 2.45) is 0 Å². The van der Waals surface area contributed by atoms with Gasteiger partial charge in [0.05, 0.1) is 43.6 Å². The molecule has 0 bridgehead atoms. The highest BCUT2D eigenvalue weighted by molar-refractivity contribution is 6.37. The van der Waals surface area contributed by atoms with Crippen molar-refractivity contribution in [2.75, 3.05) is 13.1 Å². The highest BCUT2D eigenvalue weighted by Crippen LogP contribution is 2.36. The van der Waals surface area contributed by atoms with E-state index < -0.39 is 0 Å². The number of amides is 2. The van der Waals surface area contributed by atoms with Gasteiger partial charge in [0, 0.05) is 45.0 Å². The van der Waals surface area contributed by atoms with E-state index in [0.717, 1.165) is 58.7 Å². The van der Waals surface area contributed by atoms with Crippen LogP contribution in [0.1, 0.15) is 57.5 Å². The second-order valence-electron chi connectivity index (χ2n) is 12.1. The number of fused-ring (bicyclic) bond motifs is 2. The molecule has 0 spiro atoms.